The Labute approximate surface area is 124 Å². The van der Waals surface area contributed by atoms with Gasteiger partial charge in [0, 0.05) is 16.0 Å². The molecular weight excluding hydrogens is 278 g/mol. The standard InChI is InChI=1S/C15H24ClNOS/c1-4-8-14(17-6-3)15(5-2)19(18)13-10-7-9-12(16)11-13/h7,9-11,14-15,17H,4-6,8H2,1-3H3. The lowest BCUT2D eigenvalue weighted by molar-refractivity contribution is 0.458. The Hall–Kier alpha value is -0.380. The van der Waals surface area contributed by atoms with Gasteiger partial charge in [-0.25, -0.2) is 0 Å². The molecule has 1 rings (SSSR count). The first-order valence-electron chi connectivity index (χ1n) is 7.03. The van der Waals surface area contributed by atoms with Gasteiger partial charge in [-0.05, 0) is 37.6 Å². The van der Waals surface area contributed by atoms with Gasteiger partial charge in [0.1, 0.15) is 0 Å². The molecule has 0 spiro atoms. The van der Waals surface area contributed by atoms with Crippen molar-refractivity contribution in [3.8, 4) is 0 Å². The third-order valence-electron chi connectivity index (χ3n) is 3.22. The van der Waals surface area contributed by atoms with E-state index in [-0.39, 0.29) is 5.25 Å². The lowest BCUT2D eigenvalue weighted by Crippen LogP contribution is -2.41. The van der Waals surface area contributed by atoms with Gasteiger partial charge >= 0.3 is 0 Å². The zero-order valence-corrected chi connectivity index (χ0v) is 13.6. The van der Waals surface area contributed by atoms with Gasteiger partial charge in [-0.1, -0.05) is 44.9 Å². The number of hydrogen-bond donors (Lipinski definition) is 1. The van der Waals surface area contributed by atoms with Gasteiger partial charge in [-0.15, -0.1) is 0 Å². The Bertz CT molecular complexity index is 405. The molecule has 0 aliphatic carbocycles. The van der Waals surface area contributed by atoms with E-state index in [1.165, 1.54) is 0 Å². The second-order valence-corrected chi connectivity index (χ2v) is 6.76. The quantitative estimate of drug-likeness (QED) is 0.786. The van der Waals surface area contributed by atoms with E-state index in [1.807, 2.05) is 24.3 Å². The fourth-order valence-corrected chi connectivity index (χ4v) is 4.24. The van der Waals surface area contributed by atoms with Crippen LogP contribution in [0.5, 0.6) is 0 Å². The normalized spacial score (nSPS) is 16.0. The second-order valence-electron chi connectivity index (χ2n) is 4.65. The maximum Gasteiger partial charge on any atom is 0.0577 e. The highest BCUT2D eigenvalue weighted by Gasteiger charge is 2.25. The largest absolute Gasteiger partial charge is 0.313 e. The monoisotopic (exact) mass is 301 g/mol. The summed E-state index contributed by atoms with van der Waals surface area (Å²) in [6.07, 6.45) is 3.05. The predicted octanol–water partition coefficient (Wildman–Crippen LogP) is 4.00. The second kappa shape index (κ2) is 8.72. The number of hydrogen-bond acceptors (Lipinski definition) is 2. The van der Waals surface area contributed by atoms with E-state index in [9.17, 15) is 4.21 Å². The summed E-state index contributed by atoms with van der Waals surface area (Å²) in [6.45, 7) is 7.28. The minimum absolute atomic E-state index is 0.137. The van der Waals surface area contributed by atoms with Crippen molar-refractivity contribution in [3.63, 3.8) is 0 Å². The van der Waals surface area contributed by atoms with Crippen molar-refractivity contribution < 1.29 is 4.21 Å². The highest BCUT2D eigenvalue weighted by Crippen LogP contribution is 2.21. The zero-order chi connectivity index (χ0) is 14.3. The van der Waals surface area contributed by atoms with Crippen molar-refractivity contribution in [1.29, 1.82) is 0 Å². The molecule has 1 N–H and O–H groups in total. The highest BCUT2D eigenvalue weighted by molar-refractivity contribution is 7.85. The summed E-state index contributed by atoms with van der Waals surface area (Å²) in [5.41, 5.74) is 0. The number of rotatable bonds is 8. The van der Waals surface area contributed by atoms with E-state index < -0.39 is 10.8 Å². The van der Waals surface area contributed by atoms with E-state index >= 15 is 0 Å². The van der Waals surface area contributed by atoms with Gasteiger partial charge in [0.2, 0.25) is 0 Å². The first-order chi connectivity index (χ1) is 9.13. The van der Waals surface area contributed by atoms with E-state index in [0.29, 0.717) is 11.1 Å². The van der Waals surface area contributed by atoms with Gasteiger partial charge in [-0.3, -0.25) is 4.21 Å². The molecule has 0 aromatic heterocycles. The molecule has 3 atom stereocenters. The van der Waals surface area contributed by atoms with Gasteiger partial charge in [-0.2, -0.15) is 0 Å². The summed E-state index contributed by atoms with van der Waals surface area (Å²) in [5, 5.41) is 4.26. The molecular formula is C15H24ClNOS. The van der Waals surface area contributed by atoms with Crippen molar-refractivity contribution in [2.45, 2.75) is 56.2 Å². The van der Waals surface area contributed by atoms with Crippen molar-refractivity contribution >= 4 is 22.4 Å². The van der Waals surface area contributed by atoms with Gasteiger partial charge in [0.15, 0.2) is 0 Å². The summed E-state index contributed by atoms with van der Waals surface area (Å²) >= 11 is 5.99. The topological polar surface area (TPSA) is 29.1 Å². The molecule has 108 valence electrons. The molecule has 4 heteroatoms. The van der Waals surface area contributed by atoms with E-state index in [4.69, 9.17) is 11.6 Å². The molecule has 0 aliphatic heterocycles. The van der Waals surface area contributed by atoms with Crippen LogP contribution >= 0.6 is 11.6 Å². The first kappa shape index (κ1) is 16.7. The summed E-state index contributed by atoms with van der Waals surface area (Å²) in [7, 11) is -1.01. The highest BCUT2D eigenvalue weighted by atomic mass is 35.5. The molecule has 0 bridgehead atoms. The molecule has 3 unspecified atom stereocenters. The number of halogens is 1. The molecule has 2 nitrogen and oxygen atoms in total. The molecule has 1 aromatic carbocycles. The summed E-state index contributed by atoms with van der Waals surface area (Å²) < 4.78 is 12.7. The van der Waals surface area contributed by atoms with Crippen LogP contribution in [-0.2, 0) is 10.8 Å². The maximum atomic E-state index is 12.7. The van der Waals surface area contributed by atoms with Crippen molar-refractivity contribution in [2.24, 2.45) is 0 Å². The molecule has 0 fully saturated rings. The minimum atomic E-state index is -1.01. The number of nitrogens with one attached hydrogen (secondary N) is 1. The Balaban J connectivity index is 2.91. The lowest BCUT2D eigenvalue weighted by Gasteiger charge is -2.26. The van der Waals surface area contributed by atoms with E-state index in [2.05, 4.69) is 26.1 Å². The SMILES string of the molecule is CCCC(NCC)C(CC)S(=O)c1cccc(Cl)c1. The van der Waals surface area contributed by atoms with Gasteiger partial charge < -0.3 is 5.32 Å². The molecule has 19 heavy (non-hydrogen) atoms. The van der Waals surface area contributed by atoms with Crippen molar-refractivity contribution in [2.75, 3.05) is 6.54 Å². The summed E-state index contributed by atoms with van der Waals surface area (Å²) in [6, 6.07) is 7.70. The minimum Gasteiger partial charge on any atom is -0.313 e. The zero-order valence-electron chi connectivity index (χ0n) is 12.0. The van der Waals surface area contributed by atoms with Gasteiger partial charge in [0.05, 0.1) is 16.0 Å². The van der Waals surface area contributed by atoms with Crippen LogP contribution in [0.1, 0.15) is 40.0 Å². The van der Waals surface area contributed by atoms with Gasteiger partial charge in [0.25, 0.3) is 0 Å². The Morgan fingerprint density at radius 2 is 2.05 bits per heavy atom. The Morgan fingerprint density at radius 1 is 1.32 bits per heavy atom. The fourth-order valence-electron chi connectivity index (χ4n) is 2.34. The molecule has 0 radical (unpaired) electrons. The van der Waals surface area contributed by atoms with E-state index in [1.54, 1.807) is 0 Å². The maximum absolute atomic E-state index is 12.7. The molecule has 0 aliphatic rings. The van der Waals surface area contributed by atoms with Crippen LogP contribution in [0.4, 0.5) is 0 Å². The molecule has 1 aromatic rings. The molecule has 0 saturated heterocycles. The molecule has 0 heterocycles. The Morgan fingerprint density at radius 3 is 2.58 bits per heavy atom. The number of benzene rings is 1. The van der Waals surface area contributed by atoms with Crippen LogP contribution in [0, 0.1) is 0 Å². The van der Waals surface area contributed by atoms with Crippen LogP contribution in [0.3, 0.4) is 0 Å². The lowest BCUT2D eigenvalue weighted by atomic mass is 10.1. The molecule has 0 saturated carbocycles. The average molecular weight is 302 g/mol. The summed E-state index contributed by atoms with van der Waals surface area (Å²) in [5.74, 6) is 0. The Kier molecular flexibility index (Phi) is 7.66. The molecule has 0 amide bonds. The van der Waals surface area contributed by atoms with Crippen LogP contribution < -0.4 is 5.32 Å². The average Bonchev–Trinajstić information content (AvgIpc) is 2.40. The summed E-state index contributed by atoms with van der Waals surface area (Å²) in [4.78, 5) is 0.832. The van der Waals surface area contributed by atoms with Crippen molar-refractivity contribution in [1.82, 2.24) is 5.32 Å². The van der Waals surface area contributed by atoms with Crippen LogP contribution in [0.2, 0.25) is 5.02 Å². The third-order valence-corrected chi connectivity index (χ3v) is 5.39. The third kappa shape index (κ3) is 4.90. The van der Waals surface area contributed by atoms with E-state index in [0.717, 1.165) is 30.7 Å². The van der Waals surface area contributed by atoms with Crippen LogP contribution in [0.25, 0.3) is 0 Å². The van der Waals surface area contributed by atoms with Crippen molar-refractivity contribution in [3.05, 3.63) is 29.3 Å². The smallest absolute Gasteiger partial charge is 0.0577 e. The first-order valence-corrected chi connectivity index (χ1v) is 8.62. The van der Waals surface area contributed by atoms with Crippen LogP contribution in [0.15, 0.2) is 29.2 Å². The van der Waals surface area contributed by atoms with Crippen LogP contribution in [-0.4, -0.2) is 22.0 Å². The fraction of sp³-hybridized carbons (Fsp3) is 0.600. The predicted molar refractivity (Wildman–Crippen MR) is 84.3 cm³/mol.